The van der Waals surface area contributed by atoms with E-state index in [4.69, 9.17) is 9.47 Å². The fraction of sp³-hybridized carbons (Fsp3) is 0.579. The smallest absolute Gasteiger partial charge is 0.317 e. The molecule has 0 radical (unpaired) electrons. The maximum absolute atomic E-state index is 12.6. The predicted octanol–water partition coefficient (Wildman–Crippen LogP) is 2.66. The summed E-state index contributed by atoms with van der Waals surface area (Å²) < 4.78 is 10.7. The maximum atomic E-state index is 12.6. The van der Waals surface area contributed by atoms with Crippen molar-refractivity contribution in [3.63, 3.8) is 0 Å². The first kappa shape index (κ1) is 19.9. The van der Waals surface area contributed by atoms with Gasteiger partial charge in [-0.3, -0.25) is 4.79 Å². The normalized spacial score (nSPS) is 13.8. The number of aliphatic carboxylic acids is 1. The first-order valence-corrected chi connectivity index (χ1v) is 8.90. The number of nitrogens with zero attached hydrogens (tertiary/aromatic N) is 1. The van der Waals surface area contributed by atoms with E-state index in [2.05, 4.69) is 5.32 Å². The molecule has 1 aromatic carbocycles. The second kappa shape index (κ2) is 8.29. The molecule has 7 nitrogen and oxygen atoms in total. The molecule has 7 heteroatoms. The summed E-state index contributed by atoms with van der Waals surface area (Å²) in [5.74, 6) is 0.445. The number of carbonyl (C=O) groups excluding carboxylic acids is 1. The van der Waals surface area contributed by atoms with Crippen molar-refractivity contribution >= 4 is 12.0 Å². The molecule has 1 aliphatic rings. The lowest BCUT2D eigenvalue weighted by Crippen LogP contribution is -2.48. The standard InChI is InChI=1S/C19H28N2O5/c1-5-19(6-2,17(22)23)12-20-18(24)21-8-7-13-9-15(25-3)16(26-4)10-14(13)11-21/h9-10H,5-8,11-12H2,1-4H3,(H,20,24)(H,22,23). The van der Waals surface area contributed by atoms with E-state index in [-0.39, 0.29) is 12.6 Å². The lowest BCUT2D eigenvalue weighted by atomic mass is 9.82. The molecule has 1 aromatic rings. The summed E-state index contributed by atoms with van der Waals surface area (Å²) in [4.78, 5) is 25.8. The van der Waals surface area contributed by atoms with E-state index in [9.17, 15) is 14.7 Å². The molecule has 0 unspecified atom stereocenters. The van der Waals surface area contributed by atoms with Gasteiger partial charge in [-0.05, 0) is 42.5 Å². The zero-order valence-corrected chi connectivity index (χ0v) is 15.9. The molecule has 26 heavy (non-hydrogen) atoms. The molecular weight excluding hydrogens is 336 g/mol. The van der Waals surface area contributed by atoms with Crippen LogP contribution in [0.5, 0.6) is 11.5 Å². The van der Waals surface area contributed by atoms with E-state index in [0.717, 1.165) is 17.5 Å². The van der Waals surface area contributed by atoms with Crippen molar-refractivity contribution in [3.8, 4) is 11.5 Å². The molecule has 0 saturated carbocycles. The fourth-order valence-electron chi connectivity index (χ4n) is 3.29. The molecule has 1 heterocycles. The van der Waals surface area contributed by atoms with E-state index in [1.165, 1.54) is 0 Å². The molecule has 0 bridgehead atoms. The van der Waals surface area contributed by atoms with Gasteiger partial charge in [-0.15, -0.1) is 0 Å². The first-order chi connectivity index (χ1) is 12.4. The summed E-state index contributed by atoms with van der Waals surface area (Å²) in [6, 6.07) is 3.61. The fourth-order valence-corrected chi connectivity index (χ4v) is 3.29. The Morgan fingerprint density at radius 1 is 1.15 bits per heavy atom. The molecule has 1 aliphatic heterocycles. The largest absolute Gasteiger partial charge is 0.493 e. The first-order valence-electron chi connectivity index (χ1n) is 8.90. The van der Waals surface area contributed by atoms with Gasteiger partial charge in [0.15, 0.2) is 11.5 Å². The van der Waals surface area contributed by atoms with Crippen molar-refractivity contribution in [2.24, 2.45) is 5.41 Å². The molecule has 144 valence electrons. The maximum Gasteiger partial charge on any atom is 0.317 e. The molecule has 0 fully saturated rings. The topological polar surface area (TPSA) is 88.1 Å². The van der Waals surface area contributed by atoms with Crippen molar-refractivity contribution in [1.82, 2.24) is 10.2 Å². The highest BCUT2D eigenvalue weighted by Gasteiger charge is 2.35. The number of amides is 2. The second-order valence-electron chi connectivity index (χ2n) is 6.60. The second-order valence-corrected chi connectivity index (χ2v) is 6.60. The van der Waals surface area contributed by atoms with Crippen LogP contribution in [0.25, 0.3) is 0 Å². The van der Waals surface area contributed by atoms with Crippen LogP contribution in [0.1, 0.15) is 37.8 Å². The summed E-state index contributed by atoms with van der Waals surface area (Å²) in [5, 5.41) is 12.3. The number of ether oxygens (including phenoxy) is 2. The number of nitrogens with one attached hydrogen (secondary N) is 1. The lowest BCUT2D eigenvalue weighted by Gasteiger charge is -2.32. The molecular formula is C19H28N2O5. The Morgan fingerprint density at radius 3 is 2.23 bits per heavy atom. The van der Waals surface area contributed by atoms with Gasteiger partial charge in [0.1, 0.15) is 0 Å². The number of urea groups is 1. The molecule has 0 spiro atoms. The molecule has 0 atom stereocenters. The number of methoxy groups -OCH3 is 2. The zero-order valence-electron chi connectivity index (χ0n) is 15.9. The summed E-state index contributed by atoms with van der Waals surface area (Å²) in [7, 11) is 3.18. The van der Waals surface area contributed by atoms with Crippen LogP contribution in [-0.2, 0) is 17.8 Å². The SMILES string of the molecule is CCC(CC)(CNC(=O)N1CCc2cc(OC)c(OC)cc2C1)C(=O)O. The summed E-state index contributed by atoms with van der Waals surface area (Å²) >= 11 is 0. The van der Waals surface area contributed by atoms with E-state index in [1.807, 2.05) is 26.0 Å². The molecule has 0 saturated heterocycles. The molecule has 2 rings (SSSR count). The molecule has 2 amide bonds. The Labute approximate surface area is 154 Å². The van der Waals surface area contributed by atoms with Crippen LogP contribution >= 0.6 is 0 Å². The van der Waals surface area contributed by atoms with Crippen molar-refractivity contribution in [3.05, 3.63) is 23.3 Å². The van der Waals surface area contributed by atoms with Gasteiger partial charge in [0.2, 0.25) is 0 Å². The van der Waals surface area contributed by atoms with Gasteiger partial charge in [-0.25, -0.2) is 4.79 Å². The van der Waals surface area contributed by atoms with Crippen molar-refractivity contribution in [2.45, 2.75) is 39.7 Å². The van der Waals surface area contributed by atoms with Crippen LogP contribution in [0.4, 0.5) is 4.79 Å². The van der Waals surface area contributed by atoms with Crippen LogP contribution in [0.2, 0.25) is 0 Å². The van der Waals surface area contributed by atoms with Gasteiger partial charge < -0.3 is 24.8 Å². The zero-order chi connectivity index (χ0) is 19.3. The highest BCUT2D eigenvalue weighted by molar-refractivity contribution is 5.78. The number of fused-ring (bicyclic) bond motifs is 1. The van der Waals surface area contributed by atoms with Gasteiger partial charge in [0, 0.05) is 19.6 Å². The van der Waals surface area contributed by atoms with Crippen LogP contribution in [0.3, 0.4) is 0 Å². The third kappa shape index (κ3) is 3.86. The number of benzene rings is 1. The van der Waals surface area contributed by atoms with Gasteiger partial charge in [0.25, 0.3) is 0 Å². The van der Waals surface area contributed by atoms with E-state index in [1.54, 1.807) is 19.1 Å². The monoisotopic (exact) mass is 364 g/mol. The summed E-state index contributed by atoms with van der Waals surface area (Å²) in [5.41, 5.74) is 1.23. The highest BCUT2D eigenvalue weighted by atomic mass is 16.5. The average molecular weight is 364 g/mol. The number of carbonyl (C=O) groups is 2. The lowest BCUT2D eigenvalue weighted by molar-refractivity contribution is -0.149. The van der Waals surface area contributed by atoms with Crippen LogP contribution < -0.4 is 14.8 Å². The minimum absolute atomic E-state index is 0.128. The van der Waals surface area contributed by atoms with Crippen molar-refractivity contribution < 1.29 is 24.2 Å². The van der Waals surface area contributed by atoms with Crippen LogP contribution in [0.15, 0.2) is 12.1 Å². The molecule has 2 N–H and O–H groups in total. The van der Waals surface area contributed by atoms with Crippen molar-refractivity contribution in [2.75, 3.05) is 27.3 Å². The Balaban J connectivity index is 2.08. The number of hydrogen-bond donors (Lipinski definition) is 2. The summed E-state index contributed by atoms with van der Waals surface area (Å²) in [6.07, 6.45) is 1.66. The van der Waals surface area contributed by atoms with Crippen LogP contribution in [-0.4, -0.2) is 49.3 Å². The third-order valence-corrected chi connectivity index (χ3v) is 5.39. The summed E-state index contributed by atoms with van der Waals surface area (Å²) in [6.45, 7) is 4.83. The molecule has 0 aliphatic carbocycles. The average Bonchev–Trinajstić information content (AvgIpc) is 2.67. The molecule has 0 aromatic heterocycles. The van der Waals surface area contributed by atoms with Gasteiger partial charge in [-0.2, -0.15) is 0 Å². The Hall–Kier alpha value is -2.44. The van der Waals surface area contributed by atoms with Crippen molar-refractivity contribution in [1.29, 1.82) is 0 Å². The minimum Gasteiger partial charge on any atom is -0.493 e. The van der Waals surface area contributed by atoms with E-state index >= 15 is 0 Å². The Kier molecular flexibility index (Phi) is 6.34. The van der Waals surface area contributed by atoms with Crippen LogP contribution in [0, 0.1) is 5.41 Å². The quantitative estimate of drug-likeness (QED) is 0.777. The third-order valence-electron chi connectivity index (χ3n) is 5.39. The van der Waals surface area contributed by atoms with E-state index < -0.39 is 11.4 Å². The Bertz CT molecular complexity index is 670. The van der Waals surface area contributed by atoms with E-state index in [0.29, 0.717) is 37.4 Å². The van der Waals surface area contributed by atoms with Gasteiger partial charge >= 0.3 is 12.0 Å². The Morgan fingerprint density at radius 2 is 1.73 bits per heavy atom. The number of carboxylic acids is 1. The number of rotatable bonds is 7. The highest BCUT2D eigenvalue weighted by Crippen LogP contribution is 2.33. The van der Waals surface area contributed by atoms with Gasteiger partial charge in [0.05, 0.1) is 19.6 Å². The number of hydrogen-bond acceptors (Lipinski definition) is 4. The van der Waals surface area contributed by atoms with Gasteiger partial charge in [-0.1, -0.05) is 13.8 Å². The number of carboxylic acid groups (broad SMARTS) is 1. The predicted molar refractivity (Wildman–Crippen MR) is 97.7 cm³/mol. The minimum atomic E-state index is -0.917.